The number of hydrogen-bond acceptors (Lipinski definition) is 9. The molecule has 2 aromatic carbocycles. The van der Waals surface area contributed by atoms with Crippen molar-refractivity contribution in [2.45, 2.75) is 60.7 Å². The summed E-state index contributed by atoms with van der Waals surface area (Å²) in [5.74, 6) is -0.490. The topological polar surface area (TPSA) is 185 Å². The highest BCUT2D eigenvalue weighted by atomic mass is 32.2. The maximum atomic E-state index is 12.1. The van der Waals surface area contributed by atoms with Crippen LogP contribution in [0.4, 0.5) is 5.69 Å². The second-order valence-corrected chi connectivity index (χ2v) is 16.4. The molecule has 0 radical (unpaired) electrons. The first-order valence-electron chi connectivity index (χ1n) is 14.7. The van der Waals surface area contributed by atoms with E-state index in [4.69, 9.17) is 9.47 Å². The molecule has 0 bridgehead atoms. The fraction of sp³-hybridized carbons (Fsp3) is 0.438. The molecule has 0 saturated carbocycles. The Hall–Kier alpha value is -2.89. The molecule has 2 aromatic rings. The van der Waals surface area contributed by atoms with E-state index in [9.17, 15) is 38.9 Å². The number of nitrogens with zero attached hydrogens (tertiary/aromatic N) is 1. The molecule has 0 saturated heterocycles. The fourth-order valence-electron chi connectivity index (χ4n) is 5.98. The van der Waals surface area contributed by atoms with Crippen molar-refractivity contribution in [2.75, 3.05) is 44.6 Å². The molecule has 47 heavy (non-hydrogen) atoms. The highest BCUT2D eigenvalue weighted by Gasteiger charge is 2.43. The summed E-state index contributed by atoms with van der Waals surface area (Å²) in [6.07, 6.45) is 6.21. The minimum absolute atomic E-state index is 0.0604. The summed E-state index contributed by atoms with van der Waals surface area (Å²) in [7, 11) is -10.2. The third-order valence-electron chi connectivity index (χ3n) is 8.77. The summed E-state index contributed by atoms with van der Waals surface area (Å²) in [6.45, 7) is 10.7. The minimum Gasteiger partial charge on any atom is -0.385 e. The molecule has 3 N–H and O–H groups in total. The van der Waals surface area contributed by atoms with Gasteiger partial charge in [0.15, 0.2) is 0 Å². The van der Waals surface area contributed by atoms with Crippen LogP contribution in [0.3, 0.4) is 0 Å². The molecule has 0 fully saturated rings. The standard InChI is InChI=1S/C32H43NO11S3/c1-23-11-12-25(46(37,38)39)21-27(23)31(3,15-18-43-5)24(2)9-7-10-30-32(4,16-19-44-6)28-22-26(47(40,41)42)13-14-29(28)33(30)17-8-20-45(34,35)36/h7,9-14,21-22H,2,8,15-20H2,1,3-6H3,(H,34,35,36)(H,37,38,39)(H,40,41,42)/b9-7+,30-10+. The van der Waals surface area contributed by atoms with E-state index in [1.54, 1.807) is 37.5 Å². The summed E-state index contributed by atoms with van der Waals surface area (Å²) >= 11 is 0. The van der Waals surface area contributed by atoms with E-state index >= 15 is 0 Å². The lowest BCUT2D eigenvalue weighted by Gasteiger charge is -2.33. The fourth-order valence-corrected chi connectivity index (χ4v) is 7.48. The number of methoxy groups -OCH3 is 2. The van der Waals surface area contributed by atoms with Gasteiger partial charge < -0.3 is 14.4 Å². The van der Waals surface area contributed by atoms with E-state index in [0.717, 1.165) is 5.56 Å². The molecule has 0 aromatic heterocycles. The zero-order valence-electron chi connectivity index (χ0n) is 27.1. The Morgan fingerprint density at radius 1 is 0.957 bits per heavy atom. The van der Waals surface area contributed by atoms with E-state index < -0.39 is 46.9 Å². The van der Waals surface area contributed by atoms with Gasteiger partial charge in [0.25, 0.3) is 30.4 Å². The lowest BCUT2D eigenvalue weighted by Crippen LogP contribution is -2.31. The molecule has 1 heterocycles. The van der Waals surface area contributed by atoms with Crippen LogP contribution in [-0.2, 0) is 50.7 Å². The SMILES string of the molecule is C=C(/C=C/C=C1/N(CCCS(=O)(=O)O)c2ccc(S(=O)(=O)O)cc2C1(C)CCOC)C(C)(CCOC)c1cc(S(=O)(=O)O)ccc1C. The van der Waals surface area contributed by atoms with Crippen molar-refractivity contribution in [3.63, 3.8) is 0 Å². The van der Waals surface area contributed by atoms with Crippen molar-refractivity contribution in [3.8, 4) is 0 Å². The van der Waals surface area contributed by atoms with Gasteiger partial charge in [-0.25, -0.2) is 0 Å². The van der Waals surface area contributed by atoms with Crippen molar-refractivity contribution in [1.29, 1.82) is 0 Å². The van der Waals surface area contributed by atoms with Crippen LogP contribution in [0.5, 0.6) is 0 Å². The number of ether oxygens (including phenoxy) is 2. The zero-order valence-corrected chi connectivity index (χ0v) is 29.6. The maximum Gasteiger partial charge on any atom is 0.294 e. The quantitative estimate of drug-likeness (QED) is 0.159. The van der Waals surface area contributed by atoms with Gasteiger partial charge in [0, 0.05) is 56.2 Å². The predicted molar refractivity (Wildman–Crippen MR) is 180 cm³/mol. The highest BCUT2D eigenvalue weighted by molar-refractivity contribution is 7.86. The number of benzene rings is 2. The molecule has 0 spiro atoms. The van der Waals surface area contributed by atoms with Crippen molar-refractivity contribution < 1.29 is 48.4 Å². The highest BCUT2D eigenvalue weighted by Crippen LogP contribution is 2.51. The van der Waals surface area contributed by atoms with Crippen molar-refractivity contribution in [1.82, 2.24) is 0 Å². The van der Waals surface area contributed by atoms with Crippen molar-refractivity contribution in [2.24, 2.45) is 0 Å². The van der Waals surface area contributed by atoms with Gasteiger partial charge in [-0.2, -0.15) is 25.3 Å². The molecule has 3 rings (SSSR count). The lowest BCUT2D eigenvalue weighted by molar-refractivity contribution is 0.178. The molecule has 0 aliphatic carbocycles. The Bertz CT molecular complexity index is 1880. The third-order valence-corrected chi connectivity index (χ3v) is 11.3. The van der Waals surface area contributed by atoms with E-state index in [0.29, 0.717) is 47.5 Å². The molecule has 12 nitrogen and oxygen atoms in total. The van der Waals surface area contributed by atoms with Crippen molar-refractivity contribution >= 4 is 36.0 Å². The first kappa shape index (κ1) is 38.6. The van der Waals surface area contributed by atoms with E-state index in [1.165, 1.54) is 31.4 Å². The van der Waals surface area contributed by atoms with Crippen LogP contribution in [0.1, 0.15) is 49.8 Å². The van der Waals surface area contributed by atoms with Gasteiger partial charge in [0.05, 0.1) is 15.5 Å². The van der Waals surface area contributed by atoms with Gasteiger partial charge in [-0.1, -0.05) is 31.7 Å². The predicted octanol–water partition coefficient (Wildman–Crippen LogP) is 4.87. The molecule has 260 valence electrons. The molecule has 1 aliphatic rings. The van der Waals surface area contributed by atoms with Crippen LogP contribution in [-0.4, -0.2) is 78.6 Å². The molecule has 1 aliphatic heterocycles. The molecular weight excluding hydrogens is 671 g/mol. The molecular formula is C32H43NO11S3. The molecule has 0 amide bonds. The van der Waals surface area contributed by atoms with E-state index in [2.05, 4.69) is 6.58 Å². The molecule has 15 heteroatoms. The number of hydrogen-bond donors (Lipinski definition) is 3. The average Bonchev–Trinajstić information content (AvgIpc) is 3.20. The first-order chi connectivity index (χ1) is 21.7. The zero-order chi connectivity index (χ0) is 35.4. The first-order valence-corrected chi connectivity index (χ1v) is 19.2. The van der Waals surface area contributed by atoms with Gasteiger partial charge in [-0.15, -0.1) is 0 Å². The molecule has 2 atom stereocenters. The molecule has 2 unspecified atom stereocenters. The number of rotatable bonds is 16. The van der Waals surface area contributed by atoms with Gasteiger partial charge in [-0.3, -0.25) is 13.7 Å². The van der Waals surface area contributed by atoms with Crippen LogP contribution < -0.4 is 4.90 Å². The number of allylic oxidation sites excluding steroid dienone is 5. The van der Waals surface area contributed by atoms with Crippen LogP contribution in [0.25, 0.3) is 0 Å². The Morgan fingerprint density at radius 3 is 2.13 bits per heavy atom. The summed E-state index contributed by atoms with van der Waals surface area (Å²) in [5, 5.41) is 0. The van der Waals surface area contributed by atoms with Crippen LogP contribution in [0, 0.1) is 6.92 Å². The normalized spacial score (nSPS) is 19.3. The number of fused-ring (bicyclic) bond motifs is 1. The van der Waals surface area contributed by atoms with Crippen LogP contribution in [0.15, 0.2) is 82.3 Å². The Morgan fingerprint density at radius 2 is 1.55 bits per heavy atom. The Kier molecular flexibility index (Phi) is 12.1. The monoisotopic (exact) mass is 713 g/mol. The van der Waals surface area contributed by atoms with Gasteiger partial charge in [0.1, 0.15) is 0 Å². The smallest absolute Gasteiger partial charge is 0.294 e. The lowest BCUT2D eigenvalue weighted by atomic mass is 9.72. The maximum absolute atomic E-state index is 12.1. The number of aryl methyl sites for hydroxylation is 1. The third kappa shape index (κ3) is 8.97. The van der Waals surface area contributed by atoms with Gasteiger partial charge in [-0.05, 0) is 91.8 Å². The van der Waals surface area contributed by atoms with E-state index in [1.807, 2.05) is 25.7 Å². The summed E-state index contributed by atoms with van der Waals surface area (Å²) in [5.41, 5.74) is 2.20. The second-order valence-electron chi connectivity index (χ2n) is 12.0. The second kappa shape index (κ2) is 14.7. The van der Waals surface area contributed by atoms with Gasteiger partial charge >= 0.3 is 0 Å². The summed E-state index contributed by atoms with van der Waals surface area (Å²) in [4.78, 5) is 1.31. The largest absolute Gasteiger partial charge is 0.385 e. The minimum atomic E-state index is -4.53. The Labute approximate surface area is 278 Å². The summed E-state index contributed by atoms with van der Waals surface area (Å²) < 4.78 is 111. The van der Waals surface area contributed by atoms with E-state index in [-0.39, 0.29) is 29.4 Å². The summed E-state index contributed by atoms with van der Waals surface area (Å²) in [6, 6.07) is 8.59. The van der Waals surface area contributed by atoms with Gasteiger partial charge in [0.2, 0.25) is 0 Å². The number of anilines is 1. The van der Waals surface area contributed by atoms with Crippen LogP contribution >= 0.6 is 0 Å². The van der Waals surface area contributed by atoms with Crippen LogP contribution in [0.2, 0.25) is 0 Å². The van der Waals surface area contributed by atoms with Crippen molar-refractivity contribution in [3.05, 3.63) is 89.2 Å². The average molecular weight is 714 g/mol. The Balaban J connectivity index is 2.17.